The standard InChI is InChI=1S/C10H17N3O5S/c1-10(2,6-14)11-19(17,18)7-5-12(3)9(16)13(4)8(7)15/h5,11,14H,6H2,1-4H3. The molecule has 0 atom stereocenters. The first-order valence-corrected chi connectivity index (χ1v) is 6.91. The number of nitrogens with one attached hydrogen (secondary N) is 1. The normalized spacial score (nSPS) is 12.7. The maximum atomic E-state index is 12.1. The summed E-state index contributed by atoms with van der Waals surface area (Å²) in [4.78, 5) is 22.8. The van der Waals surface area contributed by atoms with E-state index >= 15 is 0 Å². The Morgan fingerprint density at radius 2 is 1.84 bits per heavy atom. The summed E-state index contributed by atoms with van der Waals surface area (Å²) in [6, 6.07) is 0. The highest BCUT2D eigenvalue weighted by Gasteiger charge is 2.28. The second-order valence-electron chi connectivity index (χ2n) is 4.90. The van der Waals surface area contributed by atoms with E-state index in [1.54, 1.807) is 0 Å². The third kappa shape index (κ3) is 3.11. The van der Waals surface area contributed by atoms with Gasteiger partial charge >= 0.3 is 5.69 Å². The number of aryl methyl sites for hydroxylation is 1. The molecule has 0 amide bonds. The van der Waals surface area contributed by atoms with Gasteiger partial charge in [0, 0.05) is 20.3 Å². The van der Waals surface area contributed by atoms with Crippen LogP contribution in [0.15, 0.2) is 20.7 Å². The minimum absolute atomic E-state index is 0.432. The molecule has 1 aromatic heterocycles. The van der Waals surface area contributed by atoms with Crippen LogP contribution >= 0.6 is 0 Å². The Hall–Kier alpha value is -1.45. The summed E-state index contributed by atoms with van der Waals surface area (Å²) < 4.78 is 28.1. The Bertz CT molecular complexity index is 699. The van der Waals surface area contributed by atoms with Crippen molar-refractivity contribution in [2.75, 3.05) is 6.61 Å². The molecule has 0 bridgehead atoms. The summed E-state index contributed by atoms with van der Waals surface area (Å²) in [6.07, 6.45) is 0.959. The maximum absolute atomic E-state index is 12.1. The van der Waals surface area contributed by atoms with Crippen LogP contribution in [0.3, 0.4) is 0 Å². The van der Waals surface area contributed by atoms with E-state index in [1.807, 2.05) is 0 Å². The van der Waals surface area contributed by atoms with E-state index in [9.17, 15) is 18.0 Å². The fourth-order valence-corrected chi connectivity index (χ4v) is 2.98. The number of hydrogen-bond donors (Lipinski definition) is 2. The molecule has 19 heavy (non-hydrogen) atoms. The van der Waals surface area contributed by atoms with E-state index in [-0.39, 0.29) is 0 Å². The van der Waals surface area contributed by atoms with Crippen molar-refractivity contribution in [3.05, 3.63) is 27.0 Å². The molecule has 0 fully saturated rings. The zero-order chi connectivity index (χ0) is 15.0. The summed E-state index contributed by atoms with van der Waals surface area (Å²) in [5.41, 5.74) is -2.65. The first-order valence-electron chi connectivity index (χ1n) is 5.43. The fourth-order valence-electron chi connectivity index (χ4n) is 1.41. The molecule has 0 radical (unpaired) electrons. The van der Waals surface area contributed by atoms with Crippen LogP contribution in [-0.4, -0.2) is 34.8 Å². The Morgan fingerprint density at radius 1 is 1.32 bits per heavy atom. The zero-order valence-corrected chi connectivity index (χ0v) is 12.0. The summed E-state index contributed by atoms with van der Waals surface area (Å²) in [5, 5.41) is 9.06. The van der Waals surface area contributed by atoms with E-state index < -0.39 is 38.3 Å². The molecule has 0 saturated heterocycles. The molecule has 0 unspecified atom stereocenters. The van der Waals surface area contributed by atoms with Crippen LogP contribution in [0.5, 0.6) is 0 Å². The number of aliphatic hydroxyl groups is 1. The van der Waals surface area contributed by atoms with Crippen molar-refractivity contribution < 1.29 is 13.5 Å². The van der Waals surface area contributed by atoms with Gasteiger partial charge in [0.1, 0.15) is 0 Å². The molecule has 0 saturated carbocycles. The highest BCUT2D eigenvalue weighted by Crippen LogP contribution is 2.08. The molecule has 8 nitrogen and oxygen atoms in total. The van der Waals surface area contributed by atoms with Gasteiger partial charge in [-0.05, 0) is 13.8 Å². The van der Waals surface area contributed by atoms with Crippen molar-refractivity contribution in [3.63, 3.8) is 0 Å². The van der Waals surface area contributed by atoms with Gasteiger partial charge in [0.15, 0.2) is 4.90 Å². The Morgan fingerprint density at radius 3 is 2.32 bits per heavy atom. The molecule has 1 heterocycles. The third-order valence-corrected chi connectivity index (χ3v) is 4.19. The number of aromatic nitrogens is 2. The van der Waals surface area contributed by atoms with Gasteiger partial charge in [-0.2, -0.15) is 0 Å². The topological polar surface area (TPSA) is 110 Å². The summed E-state index contributed by atoms with van der Waals surface area (Å²) in [6.45, 7) is 2.51. The second kappa shape index (κ2) is 4.91. The Kier molecular flexibility index (Phi) is 4.03. The lowest BCUT2D eigenvalue weighted by Crippen LogP contribution is -2.49. The van der Waals surface area contributed by atoms with Gasteiger partial charge in [-0.3, -0.25) is 9.36 Å². The highest BCUT2D eigenvalue weighted by molar-refractivity contribution is 7.89. The first-order chi connectivity index (χ1) is 8.52. The largest absolute Gasteiger partial charge is 0.394 e. The van der Waals surface area contributed by atoms with Gasteiger partial charge in [0.2, 0.25) is 10.0 Å². The molecule has 9 heteroatoms. The lowest BCUT2D eigenvalue weighted by Gasteiger charge is -2.23. The van der Waals surface area contributed by atoms with Crippen LogP contribution in [0.25, 0.3) is 0 Å². The number of nitrogens with zero attached hydrogens (tertiary/aromatic N) is 2. The van der Waals surface area contributed by atoms with Crippen molar-refractivity contribution in [2.24, 2.45) is 14.1 Å². The molecule has 0 aliphatic rings. The van der Waals surface area contributed by atoms with Gasteiger partial charge in [0.25, 0.3) is 5.56 Å². The lowest BCUT2D eigenvalue weighted by molar-refractivity contribution is 0.208. The average Bonchev–Trinajstić information content (AvgIpc) is 2.29. The lowest BCUT2D eigenvalue weighted by atomic mass is 10.1. The number of sulfonamides is 1. The van der Waals surface area contributed by atoms with Crippen LogP contribution in [0.1, 0.15) is 13.8 Å². The first kappa shape index (κ1) is 15.6. The zero-order valence-electron chi connectivity index (χ0n) is 11.2. The van der Waals surface area contributed by atoms with Crippen molar-refractivity contribution in [3.8, 4) is 0 Å². The molecule has 1 aromatic rings. The molecular formula is C10H17N3O5S. The molecular weight excluding hydrogens is 274 g/mol. The SMILES string of the molecule is Cn1cc(S(=O)(=O)NC(C)(C)CO)c(=O)n(C)c1=O. The van der Waals surface area contributed by atoms with Crippen LogP contribution in [0.2, 0.25) is 0 Å². The van der Waals surface area contributed by atoms with Gasteiger partial charge in [-0.15, -0.1) is 0 Å². The van der Waals surface area contributed by atoms with E-state index in [0.29, 0.717) is 4.57 Å². The van der Waals surface area contributed by atoms with Gasteiger partial charge in [0.05, 0.1) is 12.1 Å². The van der Waals surface area contributed by atoms with E-state index in [2.05, 4.69) is 4.72 Å². The molecule has 108 valence electrons. The molecule has 2 N–H and O–H groups in total. The monoisotopic (exact) mass is 291 g/mol. The Labute approximate surface area is 110 Å². The van der Waals surface area contributed by atoms with Crippen LogP contribution in [0, 0.1) is 0 Å². The summed E-state index contributed by atoms with van der Waals surface area (Å²) in [7, 11) is -1.59. The van der Waals surface area contributed by atoms with Gasteiger partial charge < -0.3 is 9.67 Å². The third-order valence-electron chi connectivity index (χ3n) is 2.51. The summed E-state index contributed by atoms with van der Waals surface area (Å²) >= 11 is 0. The average molecular weight is 291 g/mol. The summed E-state index contributed by atoms with van der Waals surface area (Å²) in [5.74, 6) is 0. The molecule has 0 spiro atoms. The smallest absolute Gasteiger partial charge is 0.330 e. The second-order valence-corrected chi connectivity index (χ2v) is 6.55. The highest BCUT2D eigenvalue weighted by atomic mass is 32.2. The molecule has 0 aromatic carbocycles. The molecule has 1 rings (SSSR count). The van der Waals surface area contributed by atoms with Crippen LogP contribution in [0.4, 0.5) is 0 Å². The van der Waals surface area contributed by atoms with Crippen LogP contribution in [-0.2, 0) is 24.1 Å². The Balaban J connectivity index is 3.48. The fraction of sp³-hybridized carbons (Fsp3) is 0.600. The predicted molar refractivity (Wildman–Crippen MR) is 68.4 cm³/mol. The predicted octanol–water partition coefficient (Wildman–Crippen LogP) is -1.87. The molecule has 0 aliphatic carbocycles. The van der Waals surface area contributed by atoms with Crippen molar-refractivity contribution >= 4 is 10.0 Å². The van der Waals surface area contributed by atoms with Crippen molar-refractivity contribution in [1.82, 2.24) is 13.9 Å². The number of rotatable bonds is 4. The molecule has 0 aliphatic heterocycles. The quantitative estimate of drug-likeness (QED) is 0.675. The van der Waals surface area contributed by atoms with Gasteiger partial charge in [-0.1, -0.05) is 0 Å². The van der Waals surface area contributed by atoms with E-state index in [0.717, 1.165) is 10.8 Å². The number of aliphatic hydroxyl groups excluding tert-OH is 1. The number of hydrogen-bond acceptors (Lipinski definition) is 5. The van der Waals surface area contributed by atoms with E-state index in [4.69, 9.17) is 5.11 Å². The van der Waals surface area contributed by atoms with Gasteiger partial charge in [-0.25, -0.2) is 17.9 Å². The minimum atomic E-state index is -4.13. The maximum Gasteiger partial charge on any atom is 0.330 e. The van der Waals surface area contributed by atoms with E-state index in [1.165, 1.54) is 27.9 Å². The minimum Gasteiger partial charge on any atom is -0.394 e. The van der Waals surface area contributed by atoms with Crippen molar-refractivity contribution in [2.45, 2.75) is 24.3 Å². The van der Waals surface area contributed by atoms with Crippen LogP contribution < -0.4 is 16.0 Å². The van der Waals surface area contributed by atoms with Crippen molar-refractivity contribution in [1.29, 1.82) is 0 Å².